The van der Waals surface area contributed by atoms with Gasteiger partial charge in [0.15, 0.2) is 11.5 Å². The van der Waals surface area contributed by atoms with Crippen molar-refractivity contribution in [3.05, 3.63) is 57.6 Å². The SMILES string of the molecule is CCOc1cc(Cl)c(/C=C(\C#N)C(=O)Nc2cc(C)ccc2C)cc1OC. The highest BCUT2D eigenvalue weighted by Crippen LogP contribution is 2.34. The maximum absolute atomic E-state index is 12.5. The number of nitrogens with zero attached hydrogens (tertiary/aromatic N) is 1. The predicted octanol–water partition coefficient (Wildman–Crippen LogP) is 4.91. The van der Waals surface area contributed by atoms with Crippen LogP contribution < -0.4 is 14.8 Å². The maximum atomic E-state index is 12.5. The van der Waals surface area contributed by atoms with Crippen molar-refractivity contribution in [2.45, 2.75) is 20.8 Å². The lowest BCUT2D eigenvalue weighted by Gasteiger charge is -2.12. The summed E-state index contributed by atoms with van der Waals surface area (Å²) in [6, 6.07) is 10.9. The van der Waals surface area contributed by atoms with Crippen LogP contribution in [0.5, 0.6) is 11.5 Å². The number of hydrogen-bond donors (Lipinski definition) is 1. The molecule has 0 fully saturated rings. The minimum Gasteiger partial charge on any atom is -0.493 e. The summed E-state index contributed by atoms with van der Waals surface area (Å²) < 4.78 is 10.8. The average Bonchev–Trinajstić information content (AvgIpc) is 2.64. The highest BCUT2D eigenvalue weighted by molar-refractivity contribution is 6.32. The molecular formula is C21H21ClN2O3. The molecule has 0 heterocycles. The molecule has 0 saturated heterocycles. The number of carbonyl (C=O) groups is 1. The van der Waals surface area contributed by atoms with Crippen LogP contribution in [0.3, 0.4) is 0 Å². The number of rotatable bonds is 6. The number of carbonyl (C=O) groups excluding carboxylic acids is 1. The van der Waals surface area contributed by atoms with Crippen LogP contribution >= 0.6 is 11.6 Å². The molecule has 27 heavy (non-hydrogen) atoms. The third-order valence-corrected chi connectivity index (χ3v) is 4.22. The Morgan fingerprint density at radius 2 is 2.00 bits per heavy atom. The van der Waals surface area contributed by atoms with Crippen molar-refractivity contribution in [3.63, 3.8) is 0 Å². The van der Waals surface area contributed by atoms with Crippen molar-refractivity contribution in [3.8, 4) is 17.6 Å². The fourth-order valence-electron chi connectivity index (χ4n) is 2.45. The number of nitriles is 1. The first-order valence-electron chi connectivity index (χ1n) is 8.40. The number of anilines is 1. The van der Waals surface area contributed by atoms with Crippen molar-refractivity contribution >= 4 is 29.3 Å². The van der Waals surface area contributed by atoms with E-state index in [0.717, 1.165) is 11.1 Å². The molecule has 0 aliphatic rings. The number of benzene rings is 2. The van der Waals surface area contributed by atoms with E-state index in [4.69, 9.17) is 21.1 Å². The molecule has 1 amide bonds. The standard InChI is InChI=1S/C21H21ClN2O3/c1-5-27-20-11-17(22)15(10-19(20)26-4)9-16(12-23)21(25)24-18-8-13(2)6-7-14(18)3/h6-11H,5H2,1-4H3,(H,24,25)/b16-9+. The molecule has 0 bridgehead atoms. The fraction of sp³-hybridized carbons (Fsp3) is 0.238. The fourth-order valence-corrected chi connectivity index (χ4v) is 2.66. The van der Waals surface area contributed by atoms with Gasteiger partial charge in [0.1, 0.15) is 11.6 Å². The molecule has 2 aromatic carbocycles. The summed E-state index contributed by atoms with van der Waals surface area (Å²) >= 11 is 6.28. The molecule has 0 aliphatic heterocycles. The smallest absolute Gasteiger partial charge is 0.266 e. The Morgan fingerprint density at radius 1 is 1.26 bits per heavy atom. The van der Waals surface area contributed by atoms with Crippen molar-refractivity contribution in [2.75, 3.05) is 19.0 Å². The Kier molecular flexibility index (Phi) is 6.86. The van der Waals surface area contributed by atoms with Gasteiger partial charge in [0.2, 0.25) is 0 Å². The summed E-state index contributed by atoms with van der Waals surface area (Å²) in [5, 5.41) is 12.6. The Balaban J connectivity index is 2.36. The van der Waals surface area contributed by atoms with E-state index in [1.54, 1.807) is 12.1 Å². The summed E-state index contributed by atoms with van der Waals surface area (Å²) in [7, 11) is 1.51. The number of ether oxygens (including phenoxy) is 2. The normalized spacial score (nSPS) is 10.9. The summed E-state index contributed by atoms with van der Waals surface area (Å²) in [4.78, 5) is 12.5. The van der Waals surface area contributed by atoms with E-state index < -0.39 is 5.91 Å². The van der Waals surface area contributed by atoms with Crippen LogP contribution in [0.25, 0.3) is 6.08 Å². The van der Waals surface area contributed by atoms with Crippen LogP contribution in [0.4, 0.5) is 5.69 Å². The summed E-state index contributed by atoms with van der Waals surface area (Å²) in [6.45, 7) is 6.14. The number of halogens is 1. The molecule has 140 valence electrons. The van der Waals surface area contributed by atoms with E-state index in [9.17, 15) is 10.1 Å². The molecule has 0 saturated carbocycles. The molecule has 0 unspecified atom stereocenters. The van der Waals surface area contributed by atoms with Crippen LogP contribution in [0.1, 0.15) is 23.6 Å². The zero-order valence-electron chi connectivity index (χ0n) is 15.7. The predicted molar refractivity (Wildman–Crippen MR) is 107 cm³/mol. The highest BCUT2D eigenvalue weighted by atomic mass is 35.5. The van der Waals surface area contributed by atoms with E-state index in [2.05, 4.69) is 5.32 Å². The Hall–Kier alpha value is -2.97. The van der Waals surface area contributed by atoms with Gasteiger partial charge in [0.05, 0.1) is 18.7 Å². The quantitative estimate of drug-likeness (QED) is 0.567. The van der Waals surface area contributed by atoms with Gasteiger partial charge in [-0.3, -0.25) is 4.79 Å². The van der Waals surface area contributed by atoms with Crippen LogP contribution in [-0.2, 0) is 4.79 Å². The molecule has 0 aliphatic carbocycles. The highest BCUT2D eigenvalue weighted by Gasteiger charge is 2.14. The second-order valence-corrected chi connectivity index (χ2v) is 6.31. The number of amides is 1. The minimum absolute atomic E-state index is 0.0657. The molecule has 5 nitrogen and oxygen atoms in total. The van der Waals surface area contributed by atoms with Crippen LogP contribution in [0.2, 0.25) is 5.02 Å². The maximum Gasteiger partial charge on any atom is 0.266 e. The van der Waals surface area contributed by atoms with Crippen molar-refractivity contribution < 1.29 is 14.3 Å². The van der Waals surface area contributed by atoms with Crippen molar-refractivity contribution in [1.29, 1.82) is 5.26 Å². The summed E-state index contributed by atoms with van der Waals surface area (Å²) in [5.74, 6) is 0.468. The first-order valence-corrected chi connectivity index (χ1v) is 8.78. The van der Waals surface area contributed by atoms with E-state index in [1.807, 2.05) is 45.0 Å². The minimum atomic E-state index is -0.505. The first-order chi connectivity index (χ1) is 12.9. The number of hydrogen-bond acceptors (Lipinski definition) is 4. The monoisotopic (exact) mass is 384 g/mol. The molecule has 0 atom stereocenters. The second-order valence-electron chi connectivity index (χ2n) is 5.90. The van der Waals surface area contributed by atoms with E-state index >= 15 is 0 Å². The van der Waals surface area contributed by atoms with Crippen LogP contribution in [-0.4, -0.2) is 19.6 Å². The molecule has 1 N–H and O–H groups in total. The van der Waals surface area contributed by atoms with Gasteiger partial charge in [-0.25, -0.2) is 0 Å². The summed E-state index contributed by atoms with van der Waals surface area (Å²) in [5.41, 5.74) is 3.01. The Bertz CT molecular complexity index is 930. The van der Waals surface area contributed by atoms with Gasteiger partial charge in [-0.15, -0.1) is 0 Å². The van der Waals surface area contributed by atoms with Gasteiger partial charge < -0.3 is 14.8 Å². The van der Waals surface area contributed by atoms with Crippen LogP contribution in [0.15, 0.2) is 35.9 Å². The average molecular weight is 385 g/mol. The zero-order chi connectivity index (χ0) is 20.0. The Morgan fingerprint density at radius 3 is 2.63 bits per heavy atom. The van der Waals surface area contributed by atoms with Gasteiger partial charge in [0.25, 0.3) is 5.91 Å². The van der Waals surface area contributed by atoms with Gasteiger partial charge in [-0.05, 0) is 55.7 Å². The van der Waals surface area contributed by atoms with Gasteiger partial charge in [-0.1, -0.05) is 23.7 Å². The lowest BCUT2D eigenvalue weighted by atomic mass is 10.1. The third kappa shape index (κ3) is 5.02. The number of nitrogens with one attached hydrogen (secondary N) is 1. The number of aryl methyl sites for hydroxylation is 2. The van der Waals surface area contributed by atoms with E-state index in [-0.39, 0.29) is 5.57 Å². The Labute approximate surface area is 164 Å². The lowest BCUT2D eigenvalue weighted by molar-refractivity contribution is -0.112. The topological polar surface area (TPSA) is 71.3 Å². The molecule has 2 rings (SSSR count). The zero-order valence-corrected chi connectivity index (χ0v) is 16.5. The van der Waals surface area contributed by atoms with Crippen LogP contribution in [0, 0.1) is 25.2 Å². The van der Waals surface area contributed by atoms with Gasteiger partial charge >= 0.3 is 0 Å². The van der Waals surface area contributed by atoms with E-state index in [1.165, 1.54) is 13.2 Å². The largest absolute Gasteiger partial charge is 0.493 e. The second kappa shape index (κ2) is 9.11. The molecule has 6 heteroatoms. The van der Waals surface area contributed by atoms with Gasteiger partial charge in [0, 0.05) is 11.8 Å². The lowest BCUT2D eigenvalue weighted by Crippen LogP contribution is -2.14. The van der Waals surface area contributed by atoms with Crippen molar-refractivity contribution in [2.24, 2.45) is 0 Å². The summed E-state index contributed by atoms with van der Waals surface area (Å²) in [6.07, 6.45) is 1.43. The molecule has 0 spiro atoms. The molecule has 2 aromatic rings. The molecule has 0 aromatic heterocycles. The van der Waals surface area contributed by atoms with Crippen molar-refractivity contribution in [1.82, 2.24) is 0 Å². The van der Waals surface area contributed by atoms with E-state index in [0.29, 0.717) is 34.4 Å². The molecule has 0 radical (unpaired) electrons. The molecular weight excluding hydrogens is 364 g/mol. The first kappa shape index (κ1) is 20.3. The van der Waals surface area contributed by atoms with Gasteiger partial charge in [-0.2, -0.15) is 5.26 Å². The number of methoxy groups -OCH3 is 1. The third-order valence-electron chi connectivity index (χ3n) is 3.89.